The van der Waals surface area contributed by atoms with Crippen LogP contribution in [0, 0.1) is 0 Å². The van der Waals surface area contributed by atoms with Crippen molar-refractivity contribution < 1.29 is 14.9 Å². The molecule has 150 valence electrons. The number of guanidine groups is 1. The molecule has 0 unspecified atom stereocenters. The molecule has 0 spiro atoms. The number of carboxylic acid groups (broad SMARTS) is 1. The zero-order valence-corrected chi connectivity index (χ0v) is 17.8. The minimum Gasteiger partial charge on any atom is -0.544 e. The molecule has 0 atom stereocenters. The van der Waals surface area contributed by atoms with Gasteiger partial charge < -0.3 is 9.90 Å². The molecule has 0 aromatic carbocycles. The Bertz CT molecular complexity index is 513. The molecule has 1 aromatic rings. The van der Waals surface area contributed by atoms with E-state index in [-0.39, 0.29) is 14.2 Å². The Morgan fingerprint density at radius 3 is 1.88 bits per heavy atom. The summed E-state index contributed by atoms with van der Waals surface area (Å²) >= 11 is 11.8. The highest BCUT2D eigenvalue weighted by Gasteiger charge is 2.04. The Balaban J connectivity index is 0.000000531. The van der Waals surface area contributed by atoms with Crippen molar-refractivity contribution in [3.05, 3.63) is 20.3 Å². The van der Waals surface area contributed by atoms with Crippen LogP contribution < -0.4 is 21.6 Å². The molecule has 0 amide bonds. The monoisotopic (exact) mass is 423 g/mol. The lowest BCUT2D eigenvalue weighted by Gasteiger charge is -2.00. The largest absolute Gasteiger partial charge is 0.544 e. The van der Waals surface area contributed by atoms with Gasteiger partial charge in [-0.3, -0.25) is 16.5 Å². The van der Waals surface area contributed by atoms with Gasteiger partial charge in [0.1, 0.15) is 4.34 Å². The third kappa shape index (κ3) is 14.2. The summed E-state index contributed by atoms with van der Waals surface area (Å²) in [5, 5.41) is 10.4. The van der Waals surface area contributed by atoms with E-state index < -0.39 is 5.97 Å². The Labute approximate surface area is 170 Å². The van der Waals surface area contributed by atoms with Gasteiger partial charge in [0.05, 0.1) is 22.4 Å². The number of carboxylic acids is 1. The first-order valence-corrected chi connectivity index (χ1v) is 10.7. The second-order valence-electron chi connectivity index (χ2n) is 6.08. The molecule has 1 heterocycles. The lowest BCUT2D eigenvalue weighted by molar-refractivity contribution is -0.459. The number of hydrogen-bond donors (Lipinski definition) is 3. The fourth-order valence-electron chi connectivity index (χ4n) is 2.29. The van der Waals surface area contributed by atoms with Crippen LogP contribution in [0.25, 0.3) is 0 Å². The molecular formula is C18H31Cl2N3O2S. The van der Waals surface area contributed by atoms with Gasteiger partial charge in [-0.25, -0.2) is 0 Å². The highest BCUT2D eigenvalue weighted by atomic mass is 35.5. The summed E-state index contributed by atoms with van der Waals surface area (Å²) in [5.74, 6) is -0.908. The van der Waals surface area contributed by atoms with Crippen LogP contribution in [-0.2, 0) is 0 Å². The maximum Gasteiger partial charge on any atom is 0.338 e. The van der Waals surface area contributed by atoms with Crippen LogP contribution in [0.5, 0.6) is 0 Å². The average molecular weight is 424 g/mol. The summed E-state index contributed by atoms with van der Waals surface area (Å²) < 4.78 is 0.279. The van der Waals surface area contributed by atoms with Crippen molar-refractivity contribution in [2.75, 3.05) is 6.54 Å². The van der Waals surface area contributed by atoms with Crippen LogP contribution in [0.3, 0.4) is 0 Å². The molecular weight excluding hydrogens is 393 g/mol. The molecule has 0 radical (unpaired) electrons. The normalized spacial score (nSPS) is 10.1. The van der Waals surface area contributed by atoms with Crippen molar-refractivity contribution in [2.45, 2.75) is 71.1 Å². The zero-order valence-electron chi connectivity index (χ0n) is 15.5. The van der Waals surface area contributed by atoms with E-state index in [0.717, 1.165) is 17.9 Å². The van der Waals surface area contributed by atoms with Gasteiger partial charge in [-0.2, -0.15) is 0 Å². The number of thiophene rings is 1. The summed E-state index contributed by atoms with van der Waals surface area (Å²) in [6.07, 6.45) is 13.6. The van der Waals surface area contributed by atoms with Gasteiger partial charge in [-0.1, -0.05) is 87.9 Å². The lowest BCUT2D eigenvalue weighted by Crippen LogP contribution is -2.78. The number of hydrogen-bond acceptors (Lipinski definition) is 3. The first-order chi connectivity index (χ1) is 12.4. The smallest absolute Gasteiger partial charge is 0.338 e. The third-order valence-corrected chi connectivity index (χ3v) is 5.55. The molecule has 0 fully saturated rings. The molecule has 0 bridgehead atoms. The number of nitrogens with one attached hydrogen (secondary N) is 1. The SMILES string of the molecule is CCCCCCCCCCCC[NH+]=C(N)N.O=C([O-])c1cc(Cl)c(Cl)s1. The van der Waals surface area contributed by atoms with Gasteiger partial charge in [-0.05, 0) is 12.5 Å². The van der Waals surface area contributed by atoms with Gasteiger partial charge in [0.25, 0.3) is 0 Å². The van der Waals surface area contributed by atoms with Crippen LogP contribution in [0.4, 0.5) is 0 Å². The maximum atomic E-state index is 10.1. The number of aromatic carboxylic acids is 1. The van der Waals surface area contributed by atoms with E-state index in [2.05, 4.69) is 11.9 Å². The summed E-state index contributed by atoms with van der Waals surface area (Å²) in [5.41, 5.74) is 10.6. The van der Waals surface area contributed by atoms with Crippen molar-refractivity contribution in [3.63, 3.8) is 0 Å². The predicted octanol–water partition coefficient (Wildman–Crippen LogP) is 2.68. The van der Waals surface area contributed by atoms with Crippen LogP contribution in [-0.4, -0.2) is 18.5 Å². The van der Waals surface area contributed by atoms with E-state index in [1.54, 1.807) is 0 Å². The van der Waals surface area contributed by atoms with Gasteiger partial charge in [-0.15, -0.1) is 11.3 Å². The second-order valence-corrected chi connectivity index (χ2v) is 8.15. The Hall–Kier alpha value is -0.980. The number of nitrogens with two attached hydrogens (primary N) is 2. The summed E-state index contributed by atoms with van der Waals surface area (Å²) in [6, 6.07) is 1.27. The molecule has 5 nitrogen and oxygen atoms in total. The van der Waals surface area contributed by atoms with Crippen molar-refractivity contribution >= 4 is 46.5 Å². The van der Waals surface area contributed by atoms with E-state index in [9.17, 15) is 9.90 Å². The number of carbonyl (C=O) groups is 1. The van der Waals surface area contributed by atoms with Crippen LogP contribution >= 0.6 is 34.5 Å². The minimum absolute atomic E-state index is 0.0509. The van der Waals surface area contributed by atoms with Crippen molar-refractivity contribution in [3.8, 4) is 0 Å². The highest BCUT2D eigenvalue weighted by Crippen LogP contribution is 2.30. The van der Waals surface area contributed by atoms with Crippen molar-refractivity contribution in [1.82, 2.24) is 0 Å². The predicted molar refractivity (Wildman–Crippen MR) is 110 cm³/mol. The Morgan fingerprint density at radius 1 is 1.04 bits per heavy atom. The van der Waals surface area contributed by atoms with Gasteiger partial charge in [0.2, 0.25) is 0 Å². The highest BCUT2D eigenvalue weighted by molar-refractivity contribution is 7.18. The number of unbranched alkanes of at least 4 members (excludes halogenated alkanes) is 9. The van der Waals surface area contributed by atoms with Gasteiger partial charge >= 0.3 is 5.96 Å². The summed E-state index contributed by atoms with van der Waals surface area (Å²) in [6.45, 7) is 3.18. The summed E-state index contributed by atoms with van der Waals surface area (Å²) in [7, 11) is 0. The quantitative estimate of drug-likeness (QED) is 0.272. The molecule has 26 heavy (non-hydrogen) atoms. The number of halogens is 2. The molecule has 5 N–H and O–H groups in total. The van der Waals surface area contributed by atoms with Crippen molar-refractivity contribution in [2.24, 2.45) is 11.5 Å². The maximum absolute atomic E-state index is 10.1. The molecule has 0 aliphatic heterocycles. The molecule has 0 saturated heterocycles. The van der Waals surface area contributed by atoms with Crippen LogP contribution in [0.2, 0.25) is 9.36 Å². The molecule has 1 rings (SSSR count). The first kappa shape index (κ1) is 25.0. The molecule has 8 heteroatoms. The zero-order chi connectivity index (χ0) is 19.8. The standard InChI is InChI=1S/C13H29N3.C5H2Cl2O2S/c1-2-3-4-5-6-7-8-9-10-11-12-16-13(14)15;6-2-1-3(5(8)9)10-4(2)7/h2-12H2,1H3,(H4,14,15,16);1H,(H,8,9). The lowest BCUT2D eigenvalue weighted by atomic mass is 10.1. The van der Waals surface area contributed by atoms with Gasteiger partial charge in [0, 0.05) is 0 Å². The van der Waals surface area contributed by atoms with E-state index in [0.29, 0.717) is 5.96 Å². The first-order valence-electron chi connectivity index (χ1n) is 9.16. The third-order valence-electron chi connectivity index (χ3n) is 3.71. The molecule has 0 aliphatic carbocycles. The number of rotatable bonds is 12. The topological polar surface area (TPSA) is 106 Å². The second kappa shape index (κ2) is 16.2. The fourth-order valence-corrected chi connectivity index (χ4v) is 3.50. The summed E-state index contributed by atoms with van der Waals surface area (Å²) in [4.78, 5) is 13.1. The van der Waals surface area contributed by atoms with Crippen LogP contribution in [0.15, 0.2) is 6.07 Å². The average Bonchev–Trinajstić information content (AvgIpc) is 2.92. The minimum atomic E-state index is -1.25. The fraction of sp³-hybridized carbons (Fsp3) is 0.667. The van der Waals surface area contributed by atoms with Gasteiger partial charge in [0.15, 0.2) is 0 Å². The van der Waals surface area contributed by atoms with Crippen molar-refractivity contribution in [1.29, 1.82) is 0 Å². The number of carbonyl (C=O) groups excluding carboxylic acids is 1. The van der Waals surface area contributed by atoms with E-state index in [1.807, 2.05) is 0 Å². The molecule has 0 aliphatic rings. The molecule has 1 aromatic heterocycles. The van der Waals surface area contributed by atoms with Crippen LogP contribution in [0.1, 0.15) is 80.8 Å². The van der Waals surface area contributed by atoms with E-state index >= 15 is 0 Å². The Kier molecular flexibility index (Phi) is 15.6. The Morgan fingerprint density at radius 2 is 1.54 bits per heavy atom. The molecule has 0 saturated carbocycles. The van der Waals surface area contributed by atoms with E-state index in [1.165, 1.54) is 70.3 Å². The van der Waals surface area contributed by atoms with E-state index in [4.69, 9.17) is 34.7 Å².